The van der Waals surface area contributed by atoms with Crippen molar-refractivity contribution in [3.05, 3.63) is 40.7 Å². The van der Waals surface area contributed by atoms with E-state index in [0.29, 0.717) is 17.6 Å². The number of nitrogens with two attached hydrogens (primary N) is 1. The Labute approximate surface area is 88.8 Å². The fourth-order valence-corrected chi connectivity index (χ4v) is 1.34. The lowest BCUT2D eigenvalue weighted by Crippen LogP contribution is -2.03. The first-order chi connectivity index (χ1) is 7.10. The molecule has 15 heavy (non-hydrogen) atoms. The van der Waals surface area contributed by atoms with E-state index in [1.165, 1.54) is 6.07 Å². The van der Waals surface area contributed by atoms with E-state index in [1.807, 2.05) is 19.9 Å². The fraction of sp³-hybridized carbons (Fsp3) is 0.250. The highest BCUT2D eigenvalue weighted by Gasteiger charge is 2.09. The molecule has 0 fully saturated rings. The summed E-state index contributed by atoms with van der Waals surface area (Å²) in [6.07, 6.45) is 0.510. The summed E-state index contributed by atoms with van der Waals surface area (Å²) in [7, 11) is 0. The van der Waals surface area contributed by atoms with E-state index < -0.39 is 0 Å². The Bertz CT molecular complexity index is 441. The van der Waals surface area contributed by atoms with Gasteiger partial charge in [-0.25, -0.2) is 4.39 Å². The van der Waals surface area contributed by atoms with Gasteiger partial charge >= 0.3 is 0 Å². The minimum absolute atomic E-state index is 0.237. The van der Waals surface area contributed by atoms with Crippen LogP contribution >= 0.6 is 0 Å². The maximum Gasteiger partial charge on any atom is 0.132 e. The fourth-order valence-electron chi connectivity index (χ4n) is 1.34. The van der Waals surface area contributed by atoms with Crippen LogP contribution in [-0.2, 0) is 0 Å². The van der Waals surface area contributed by atoms with Crippen LogP contribution in [0.5, 0.6) is 0 Å². The van der Waals surface area contributed by atoms with Crippen LogP contribution in [0.1, 0.15) is 24.5 Å². The molecule has 0 unspecified atom stereocenters. The van der Waals surface area contributed by atoms with Gasteiger partial charge < -0.3 is 5.73 Å². The summed E-state index contributed by atoms with van der Waals surface area (Å²) in [6, 6.07) is 6.67. The number of allylic oxidation sites excluding steroid dienone is 1. The second kappa shape index (κ2) is 4.61. The van der Waals surface area contributed by atoms with Gasteiger partial charge in [0.25, 0.3) is 0 Å². The number of halogens is 1. The second-order valence-electron chi connectivity index (χ2n) is 3.34. The zero-order chi connectivity index (χ0) is 11.4. The van der Waals surface area contributed by atoms with Gasteiger partial charge in [-0.05, 0) is 25.5 Å². The van der Waals surface area contributed by atoms with Crippen molar-refractivity contribution in [2.45, 2.75) is 20.3 Å². The molecule has 0 bridgehead atoms. The van der Waals surface area contributed by atoms with Crippen molar-refractivity contribution in [2.75, 3.05) is 0 Å². The van der Waals surface area contributed by atoms with Crippen LogP contribution in [0.25, 0.3) is 5.70 Å². The second-order valence-corrected chi connectivity index (χ2v) is 3.34. The summed E-state index contributed by atoms with van der Waals surface area (Å²) in [5, 5.41) is 8.81. The highest BCUT2D eigenvalue weighted by Crippen LogP contribution is 2.19. The van der Waals surface area contributed by atoms with Gasteiger partial charge in [0.15, 0.2) is 0 Å². The first-order valence-corrected chi connectivity index (χ1v) is 4.75. The van der Waals surface area contributed by atoms with Gasteiger partial charge in [0.1, 0.15) is 5.82 Å². The molecule has 2 nitrogen and oxygen atoms in total. The van der Waals surface area contributed by atoms with Crippen molar-refractivity contribution >= 4 is 5.70 Å². The molecule has 1 rings (SSSR count). The summed E-state index contributed by atoms with van der Waals surface area (Å²) in [5.41, 5.74) is 7.63. The first kappa shape index (κ1) is 11.3. The monoisotopic (exact) mass is 204 g/mol. The SMILES string of the molecule is CC/C(C#N)=C(/N)c1cc(C)ccc1F. The number of rotatable bonds is 2. The molecule has 78 valence electrons. The molecule has 0 aromatic heterocycles. The average molecular weight is 204 g/mol. The Morgan fingerprint density at radius 3 is 2.73 bits per heavy atom. The van der Waals surface area contributed by atoms with Crippen LogP contribution in [0.15, 0.2) is 23.8 Å². The Morgan fingerprint density at radius 2 is 2.20 bits per heavy atom. The van der Waals surface area contributed by atoms with Crippen LogP contribution < -0.4 is 5.73 Å². The van der Waals surface area contributed by atoms with E-state index in [2.05, 4.69) is 0 Å². The third kappa shape index (κ3) is 2.35. The Kier molecular flexibility index (Phi) is 3.46. The molecular formula is C12H13FN2. The molecule has 0 aliphatic heterocycles. The van der Waals surface area contributed by atoms with Crippen LogP contribution in [0.2, 0.25) is 0 Å². The Hall–Kier alpha value is -1.82. The molecule has 0 saturated carbocycles. The smallest absolute Gasteiger partial charge is 0.132 e. The molecule has 1 aromatic carbocycles. The van der Waals surface area contributed by atoms with Crippen LogP contribution in [-0.4, -0.2) is 0 Å². The molecule has 0 spiro atoms. The Balaban J connectivity index is 3.34. The van der Waals surface area contributed by atoms with Crippen molar-refractivity contribution in [1.82, 2.24) is 0 Å². The van der Waals surface area contributed by atoms with E-state index >= 15 is 0 Å². The van der Waals surface area contributed by atoms with Crippen molar-refractivity contribution in [3.63, 3.8) is 0 Å². The molecule has 3 heteroatoms. The average Bonchev–Trinajstić information content (AvgIpc) is 2.23. The summed E-state index contributed by atoms with van der Waals surface area (Å²) in [4.78, 5) is 0. The lowest BCUT2D eigenvalue weighted by Gasteiger charge is -2.06. The zero-order valence-electron chi connectivity index (χ0n) is 8.84. The highest BCUT2D eigenvalue weighted by molar-refractivity contribution is 5.69. The molecule has 0 amide bonds. The van der Waals surface area contributed by atoms with Crippen molar-refractivity contribution in [2.24, 2.45) is 5.73 Å². The predicted octanol–water partition coefficient (Wildman–Crippen LogP) is 2.74. The third-order valence-corrected chi connectivity index (χ3v) is 2.23. The first-order valence-electron chi connectivity index (χ1n) is 4.75. The number of hydrogen-bond acceptors (Lipinski definition) is 2. The molecule has 0 saturated heterocycles. The maximum absolute atomic E-state index is 13.4. The van der Waals surface area contributed by atoms with Crippen molar-refractivity contribution in [3.8, 4) is 6.07 Å². The van der Waals surface area contributed by atoms with E-state index in [-0.39, 0.29) is 11.5 Å². The van der Waals surface area contributed by atoms with E-state index in [0.717, 1.165) is 5.56 Å². The normalized spacial score (nSPS) is 11.9. The Morgan fingerprint density at radius 1 is 1.53 bits per heavy atom. The van der Waals surface area contributed by atoms with Crippen molar-refractivity contribution < 1.29 is 4.39 Å². The zero-order valence-corrected chi connectivity index (χ0v) is 8.84. The van der Waals surface area contributed by atoms with Gasteiger partial charge in [-0.3, -0.25) is 0 Å². The lowest BCUT2D eigenvalue weighted by atomic mass is 10.0. The van der Waals surface area contributed by atoms with Crippen LogP contribution in [0.3, 0.4) is 0 Å². The van der Waals surface area contributed by atoms with Gasteiger partial charge in [0, 0.05) is 5.56 Å². The lowest BCUT2D eigenvalue weighted by molar-refractivity contribution is 0.623. The third-order valence-electron chi connectivity index (χ3n) is 2.23. The van der Waals surface area contributed by atoms with Gasteiger partial charge in [-0.2, -0.15) is 5.26 Å². The standard InChI is InChI=1S/C12H13FN2/c1-3-9(7-14)12(15)10-6-8(2)4-5-11(10)13/h4-6H,3,15H2,1-2H3/b12-9-. The minimum Gasteiger partial charge on any atom is -0.397 e. The summed E-state index contributed by atoms with van der Waals surface area (Å²) in [6.45, 7) is 3.67. The largest absolute Gasteiger partial charge is 0.397 e. The van der Waals surface area contributed by atoms with Gasteiger partial charge in [-0.15, -0.1) is 0 Å². The van der Waals surface area contributed by atoms with Crippen LogP contribution in [0, 0.1) is 24.1 Å². The number of benzene rings is 1. The van der Waals surface area contributed by atoms with E-state index in [4.69, 9.17) is 11.0 Å². The number of nitrogens with zero attached hydrogens (tertiary/aromatic N) is 1. The highest BCUT2D eigenvalue weighted by atomic mass is 19.1. The van der Waals surface area contributed by atoms with Gasteiger partial charge in [-0.1, -0.05) is 18.6 Å². The van der Waals surface area contributed by atoms with Gasteiger partial charge in [0.2, 0.25) is 0 Å². The molecule has 0 heterocycles. The van der Waals surface area contributed by atoms with Crippen molar-refractivity contribution in [1.29, 1.82) is 5.26 Å². The number of aryl methyl sites for hydroxylation is 1. The molecule has 0 aliphatic rings. The summed E-state index contributed by atoms with van der Waals surface area (Å²) >= 11 is 0. The molecule has 0 radical (unpaired) electrons. The number of nitriles is 1. The molecule has 2 N–H and O–H groups in total. The van der Waals surface area contributed by atoms with Crippen LogP contribution in [0.4, 0.5) is 4.39 Å². The predicted molar refractivity (Wildman–Crippen MR) is 58.1 cm³/mol. The van der Waals surface area contributed by atoms with E-state index in [1.54, 1.807) is 12.1 Å². The molecule has 1 aromatic rings. The summed E-state index contributed by atoms with van der Waals surface area (Å²) < 4.78 is 13.4. The molecular weight excluding hydrogens is 191 g/mol. The summed E-state index contributed by atoms with van der Waals surface area (Å²) in [5.74, 6) is -0.390. The maximum atomic E-state index is 13.4. The van der Waals surface area contributed by atoms with Gasteiger partial charge in [0.05, 0.1) is 17.3 Å². The topological polar surface area (TPSA) is 49.8 Å². The number of hydrogen-bond donors (Lipinski definition) is 1. The van der Waals surface area contributed by atoms with E-state index in [9.17, 15) is 4.39 Å². The minimum atomic E-state index is -0.390. The molecule has 0 aliphatic carbocycles. The quantitative estimate of drug-likeness (QED) is 0.753. The molecule has 0 atom stereocenters.